The molecule has 0 radical (unpaired) electrons. The van der Waals surface area contributed by atoms with E-state index in [2.05, 4.69) is 87.2 Å². The predicted octanol–water partition coefficient (Wildman–Crippen LogP) is 9.75. The van der Waals surface area contributed by atoms with Gasteiger partial charge in [-0.05, 0) is 116 Å². The minimum absolute atomic E-state index is 0.111. The van der Waals surface area contributed by atoms with Gasteiger partial charge in [0.05, 0.1) is 5.54 Å². The van der Waals surface area contributed by atoms with Crippen LogP contribution in [-0.4, -0.2) is 10.4 Å². The Balaban J connectivity index is 1.22. The number of nitrogens with zero attached hydrogens (tertiary/aromatic N) is 1. The molecule has 2 spiro atoms. The third-order valence-corrected chi connectivity index (χ3v) is 12.9. The van der Waals surface area contributed by atoms with Crippen LogP contribution in [0.1, 0.15) is 96.1 Å². The first-order valence-corrected chi connectivity index (χ1v) is 16.0. The van der Waals surface area contributed by atoms with E-state index in [1.807, 2.05) is 0 Å². The van der Waals surface area contributed by atoms with E-state index >= 15 is 0 Å². The summed E-state index contributed by atoms with van der Waals surface area (Å²) in [6.07, 6.45) is 20.3. The van der Waals surface area contributed by atoms with Crippen molar-refractivity contribution in [1.29, 1.82) is 0 Å². The van der Waals surface area contributed by atoms with Gasteiger partial charge in [0.1, 0.15) is 0 Å². The maximum atomic E-state index is 5.00. The number of aryl methyl sites for hydroxylation is 1. The van der Waals surface area contributed by atoms with Crippen LogP contribution >= 0.6 is 0 Å². The lowest BCUT2D eigenvalue weighted by Gasteiger charge is -2.82. The zero-order valence-electron chi connectivity index (χ0n) is 25.2. The van der Waals surface area contributed by atoms with Gasteiger partial charge in [-0.3, -0.25) is 0 Å². The van der Waals surface area contributed by atoms with E-state index in [0.29, 0.717) is 17.3 Å². The van der Waals surface area contributed by atoms with Crippen molar-refractivity contribution in [1.82, 2.24) is 4.90 Å². The lowest BCUT2D eigenvalue weighted by molar-refractivity contribution is -0.173. The van der Waals surface area contributed by atoms with Gasteiger partial charge < -0.3 is 10.2 Å². The molecular weight excluding hydrogens is 484 g/mol. The van der Waals surface area contributed by atoms with Crippen molar-refractivity contribution in [2.45, 2.75) is 102 Å². The summed E-state index contributed by atoms with van der Waals surface area (Å²) in [6.45, 7) is 24.9. The lowest BCUT2D eigenvalue weighted by Crippen LogP contribution is -2.83. The van der Waals surface area contributed by atoms with Crippen LogP contribution in [0.15, 0.2) is 91.0 Å². The summed E-state index contributed by atoms with van der Waals surface area (Å²) in [4.78, 5) is 2.78. The van der Waals surface area contributed by atoms with Crippen molar-refractivity contribution in [2.75, 3.05) is 5.32 Å². The van der Waals surface area contributed by atoms with Crippen molar-refractivity contribution in [2.24, 2.45) is 22.7 Å². The molecule has 5 aliphatic carbocycles. The molecule has 210 valence electrons. The van der Waals surface area contributed by atoms with Crippen LogP contribution in [0, 0.1) is 22.7 Å². The molecule has 1 N–H and O–H groups in total. The molecule has 0 aromatic heterocycles. The van der Waals surface area contributed by atoms with E-state index in [9.17, 15) is 0 Å². The molecule has 8 rings (SSSR count). The van der Waals surface area contributed by atoms with Gasteiger partial charge in [0, 0.05) is 33.6 Å². The van der Waals surface area contributed by atoms with E-state index in [1.54, 1.807) is 16.8 Å². The predicted molar refractivity (Wildman–Crippen MR) is 169 cm³/mol. The molecule has 2 heteroatoms. The molecule has 2 bridgehead atoms. The average molecular weight is 533 g/mol. The average Bonchev–Trinajstić information content (AvgIpc) is 2.93. The Morgan fingerprint density at radius 1 is 1.02 bits per heavy atom. The molecule has 1 aromatic carbocycles. The van der Waals surface area contributed by atoms with Crippen LogP contribution in [0.5, 0.6) is 0 Å². The van der Waals surface area contributed by atoms with Gasteiger partial charge in [-0.15, -0.1) is 0 Å². The van der Waals surface area contributed by atoms with E-state index in [4.69, 9.17) is 6.58 Å². The molecule has 5 unspecified atom stereocenters. The van der Waals surface area contributed by atoms with Crippen LogP contribution in [0.3, 0.4) is 0 Å². The zero-order chi connectivity index (χ0) is 28.1. The normalized spacial score (nSPS) is 38.8. The zero-order valence-corrected chi connectivity index (χ0v) is 25.2. The van der Waals surface area contributed by atoms with Crippen LogP contribution < -0.4 is 5.32 Å². The summed E-state index contributed by atoms with van der Waals surface area (Å²) in [6, 6.07) is 7.10. The largest absolute Gasteiger partial charge is 0.359 e. The minimum atomic E-state index is 0.111. The molecule has 0 amide bonds. The first kappa shape index (κ1) is 26.2. The highest BCUT2D eigenvalue weighted by atomic mass is 15.4. The van der Waals surface area contributed by atoms with Gasteiger partial charge >= 0.3 is 0 Å². The number of allylic oxidation sites excluding steroid dienone is 6. The number of nitrogens with one attached hydrogen (secondary N) is 1. The standard InChI is InChI=1S/C38H48N2/c1-8-25(4)39-29-16-14-28-15-17-33-35(6,19-12-20-36(33,7)32(28)23-29)26(5)40-34-24-37(40)21-11-13-31-30(10-3)27(9-2)18-22-38(31,34)37/h9-10,14,16,23-24,31,33,39H,2-5,8,11-13,15,17-22H2,1,6-7H3/t31?,33?,35-,36?,37?,38?/m1/s1. The fourth-order valence-electron chi connectivity index (χ4n) is 10.9. The van der Waals surface area contributed by atoms with Crippen molar-refractivity contribution < 1.29 is 0 Å². The Labute approximate surface area is 242 Å². The smallest absolute Gasteiger partial charge is 0.0763 e. The molecule has 2 saturated carbocycles. The summed E-state index contributed by atoms with van der Waals surface area (Å²) in [7, 11) is 0. The highest BCUT2D eigenvalue weighted by Gasteiger charge is 2.79. The van der Waals surface area contributed by atoms with Crippen molar-refractivity contribution in [3.8, 4) is 0 Å². The van der Waals surface area contributed by atoms with Crippen molar-refractivity contribution in [3.63, 3.8) is 0 Å². The Hall–Kier alpha value is -2.74. The molecule has 6 atom stereocenters. The second kappa shape index (κ2) is 8.63. The van der Waals surface area contributed by atoms with Gasteiger partial charge in [0.2, 0.25) is 0 Å². The number of hydrogen-bond acceptors (Lipinski definition) is 2. The number of benzene rings is 1. The molecule has 40 heavy (non-hydrogen) atoms. The van der Waals surface area contributed by atoms with Crippen LogP contribution in [0.4, 0.5) is 5.69 Å². The Kier molecular flexibility index (Phi) is 5.65. The van der Waals surface area contributed by atoms with E-state index in [1.165, 1.54) is 80.3 Å². The molecule has 2 heterocycles. The third kappa shape index (κ3) is 2.96. The Morgan fingerprint density at radius 3 is 2.58 bits per heavy atom. The first-order valence-electron chi connectivity index (χ1n) is 16.0. The molecule has 1 aromatic rings. The monoisotopic (exact) mass is 532 g/mol. The van der Waals surface area contributed by atoms with Crippen LogP contribution in [0.2, 0.25) is 0 Å². The fourth-order valence-corrected chi connectivity index (χ4v) is 10.9. The maximum Gasteiger partial charge on any atom is 0.0763 e. The van der Waals surface area contributed by atoms with E-state index in [-0.39, 0.29) is 16.4 Å². The molecule has 7 aliphatic rings. The lowest BCUT2D eigenvalue weighted by atomic mass is 9.36. The Morgan fingerprint density at radius 2 is 1.85 bits per heavy atom. The SMILES string of the molecule is C=CC1=C(C=C)C2CCCC34C=C(N3C(=C)[C@@]3(C)CCCC5(C)c6cc(NC(=C)CC)ccc6CCC53)C24CC1. The number of hydrogen-bond donors (Lipinski definition) is 1. The van der Waals surface area contributed by atoms with Gasteiger partial charge in [-0.1, -0.05) is 78.1 Å². The molecule has 1 saturated heterocycles. The second-order valence-corrected chi connectivity index (χ2v) is 14.3. The van der Waals surface area contributed by atoms with Crippen LogP contribution in [-0.2, 0) is 11.8 Å². The van der Waals surface area contributed by atoms with E-state index in [0.717, 1.165) is 18.5 Å². The summed E-state index contributed by atoms with van der Waals surface area (Å²) >= 11 is 0. The van der Waals surface area contributed by atoms with Gasteiger partial charge in [0.25, 0.3) is 0 Å². The van der Waals surface area contributed by atoms with Gasteiger partial charge in [-0.2, -0.15) is 0 Å². The topological polar surface area (TPSA) is 15.3 Å². The Bertz CT molecular complexity index is 1410. The van der Waals surface area contributed by atoms with Gasteiger partial charge in [-0.25, -0.2) is 0 Å². The number of anilines is 1. The van der Waals surface area contributed by atoms with E-state index < -0.39 is 0 Å². The molecule has 2 aliphatic heterocycles. The molecule has 2 nitrogen and oxygen atoms in total. The first-order chi connectivity index (χ1) is 19.2. The highest BCUT2D eigenvalue weighted by Crippen LogP contribution is 2.80. The molecule has 3 fully saturated rings. The van der Waals surface area contributed by atoms with Crippen LogP contribution in [0.25, 0.3) is 0 Å². The third-order valence-electron chi connectivity index (χ3n) is 12.9. The number of fused-ring (bicyclic) bond motifs is 3. The fraction of sp³-hybridized carbons (Fsp3) is 0.526. The molecular formula is C38H48N2. The second-order valence-electron chi connectivity index (χ2n) is 14.3. The van der Waals surface area contributed by atoms with Crippen molar-refractivity contribution >= 4 is 5.69 Å². The summed E-state index contributed by atoms with van der Waals surface area (Å²) in [5, 5.41) is 3.57. The number of rotatable bonds is 7. The quantitative estimate of drug-likeness (QED) is 0.376. The summed E-state index contributed by atoms with van der Waals surface area (Å²) in [5.41, 5.74) is 12.1. The highest BCUT2D eigenvalue weighted by molar-refractivity contribution is 5.62. The summed E-state index contributed by atoms with van der Waals surface area (Å²) < 4.78 is 0. The minimum Gasteiger partial charge on any atom is -0.359 e. The summed E-state index contributed by atoms with van der Waals surface area (Å²) in [5.74, 6) is 1.20. The van der Waals surface area contributed by atoms with Crippen molar-refractivity contribution in [3.05, 3.63) is 102 Å². The van der Waals surface area contributed by atoms with Gasteiger partial charge in [0.15, 0.2) is 0 Å². The maximum absolute atomic E-state index is 5.00.